The number of hydrogen-bond acceptors (Lipinski definition) is 2. The van der Waals surface area contributed by atoms with Gasteiger partial charge in [0.05, 0.1) is 0 Å². The van der Waals surface area contributed by atoms with Gasteiger partial charge in [-0.2, -0.15) is 0 Å². The summed E-state index contributed by atoms with van der Waals surface area (Å²) in [5.74, 6) is 0.256. The summed E-state index contributed by atoms with van der Waals surface area (Å²) < 4.78 is 5.06. The Morgan fingerprint density at radius 1 is 1.21 bits per heavy atom. The molecule has 0 amide bonds. The van der Waals surface area contributed by atoms with E-state index in [0.717, 1.165) is 11.1 Å². The van der Waals surface area contributed by atoms with Gasteiger partial charge in [-0.1, -0.05) is 23.3 Å². The quantitative estimate of drug-likeness (QED) is 0.407. The molecule has 0 saturated heterocycles. The number of carbonyl (C=O) groups is 1. The summed E-state index contributed by atoms with van der Waals surface area (Å²) in [4.78, 5) is 11.2. The molecule has 0 spiro atoms. The summed E-state index contributed by atoms with van der Waals surface area (Å²) >= 11 is 0. The number of carbonyl (C=O) groups excluding carboxylic acids is 1. The van der Waals surface area contributed by atoms with Gasteiger partial charge in [0.15, 0.2) is 0 Å². The Morgan fingerprint density at radius 3 is 2.29 bits per heavy atom. The van der Waals surface area contributed by atoms with Crippen molar-refractivity contribution in [3.05, 3.63) is 41.5 Å². The normalized spacial score (nSPS) is 9.36. The maximum atomic E-state index is 11.2. The van der Waals surface area contributed by atoms with E-state index in [1.807, 2.05) is 32.9 Å². The van der Waals surface area contributed by atoms with Gasteiger partial charge in [0.2, 0.25) is 0 Å². The number of benzene rings is 1. The largest absolute Gasteiger partial charge is 0.423 e. The van der Waals surface area contributed by atoms with Crippen molar-refractivity contribution in [3.8, 4) is 5.75 Å². The second-order valence-electron chi connectivity index (χ2n) is 3.46. The lowest BCUT2D eigenvalue weighted by atomic mass is 10.2. The first-order valence-corrected chi connectivity index (χ1v) is 4.51. The summed E-state index contributed by atoms with van der Waals surface area (Å²) in [5.41, 5.74) is 2.08. The predicted molar refractivity (Wildman–Crippen MR) is 56.2 cm³/mol. The fourth-order valence-corrected chi connectivity index (χ4v) is 0.988. The lowest BCUT2D eigenvalue weighted by Crippen LogP contribution is -2.04. The maximum absolute atomic E-state index is 11.2. The molecule has 1 aromatic carbocycles. The van der Waals surface area contributed by atoms with Crippen molar-refractivity contribution < 1.29 is 9.53 Å². The Hall–Kier alpha value is -1.57. The Balaban J connectivity index is 2.66. The van der Waals surface area contributed by atoms with E-state index < -0.39 is 0 Å². The van der Waals surface area contributed by atoms with E-state index in [2.05, 4.69) is 0 Å². The van der Waals surface area contributed by atoms with Crippen LogP contribution in [0.4, 0.5) is 0 Å². The van der Waals surface area contributed by atoms with Crippen molar-refractivity contribution >= 4 is 5.97 Å². The van der Waals surface area contributed by atoms with Crippen LogP contribution in [0.25, 0.3) is 0 Å². The van der Waals surface area contributed by atoms with E-state index in [0.29, 0.717) is 5.75 Å². The zero-order valence-corrected chi connectivity index (χ0v) is 8.70. The van der Waals surface area contributed by atoms with E-state index in [-0.39, 0.29) is 5.97 Å². The number of hydrogen-bond donors (Lipinski definition) is 0. The molecule has 0 heterocycles. The molecule has 0 atom stereocenters. The molecule has 0 N–H and O–H groups in total. The van der Waals surface area contributed by atoms with Crippen LogP contribution in [0, 0.1) is 6.92 Å². The predicted octanol–water partition coefficient (Wildman–Crippen LogP) is 2.87. The van der Waals surface area contributed by atoms with Crippen molar-refractivity contribution in [2.24, 2.45) is 0 Å². The molecule has 0 bridgehead atoms. The average Bonchev–Trinajstić information content (AvgIpc) is 2.07. The monoisotopic (exact) mass is 190 g/mol. The van der Waals surface area contributed by atoms with Crippen LogP contribution in [0.15, 0.2) is 35.9 Å². The number of ether oxygens (including phenoxy) is 1. The third kappa shape index (κ3) is 3.44. The van der Waals surface area contributed by atoms with E-state index in [4.69, 9.17) is 4.74 Å². The van der Waals surface area contributed by atoms with Gasteiger partial charge in [-0.15, -0.1) is 0 Å². The second kappa shape index (κ2) is 4.61. The van der Waals surface area contributed by atoms with Crippen molar-refractivity contribution in [2.45, 2.75) is 20.8 Å². The molecule has 0 unspecified atom stereocenters. The Morgan fingerprint density at radius 2 is 1.79 bits per heavy atom. The lowest BCUT2D eigenvalue weighted by molar-refractivity contribution is -0.129. The van der Waals surface area contributed by atoms with Gasteiger partial charge in [-0.25, -0.2) is 4.79 Å². The molecular formula is C12H14O2. The molecule has 0 aliphatic heterocycles. The minimum atomic E-state index is -0.325. The maximum Gasteiger partial charge on any atom is 0.336 e. The molecule has 1 aromatic rings. The molecule has 2 heteroatoms. The van der Waals surface area contributed by atoms with Gasteiger partial charge in [0.1, 0.15) is 5.75 Å². The van der Waals surface area contributed by atoms with Crippen molar-refractivity contribution in [1.82, 2.24) is 0 Å². The summed E-state index contributed by atoms with van der Waals surface area (Å²) in [6.45, 7) is 5.70. The Kier molecular flexibility index (Phi) is 3.46. The highest BCUT2D eigenvalue weighted by Gasteiger charge is 1.99. The van der Waals surface area contributed by atoms with Gasteiger partial charge in [-0.3, -0.25) is 0 Å². The van der Waals surface area contributed by atoms with Crippen LogP contribution in [0.1, 0.15) is 19.4 Å². The number of esters is 1. The van der Waals surface area contributed by atoms with Crippen LogP contribution >= 0.6 is 0 Å². The SMILES string of the molecule is CC(C)=CC(=O)Oc1ccc(C)cc1. The number of rotatable bonds is 2. The molecule has 74 valence electrons. The lowest BCUT2D eigenvalue weighted by Gasteiger charge is -2.01. The van der Waals surface area contributed by atoms with Gasteiger partial charge in [0, 0.05) is 6.08 Å². The fourth-order valence-electron chi connectivity index (χ4n) is 0.988. The fraction of sp³-hybridized carbons (Fsp3) is 0.250. The zero-order chi connectivity index (χ0) is 10.6. The van der Waals surface area contributed by atoms with Crippen LogP contribution < -0.4 is 4.74 Å². The Bertz CT molecular complexity index is 343. The highest BCUT2D eigenvalue weighted by atomic mass is 16.5. The van der Waals surface area contributed by atoms with Gasteiger partial charge in [0.25, 0.3) is 0 Å². The minimum Gasteiger partial charge on any atom is -0.423 e. The molecule has 0 aliphatic carbocycles. The molecular weight excluding hydrogens is 176 g/mol. The Labute approximate surface area is 84.2 Å². The molecule has 0 aromatic heterocycles. The van der Waals surface area contributed by atoms with Crippen LogP contribution in [-0.2, 0) is 4.79 Å². The van der Waals surface area contributed by atoms with Gasteiger partial charge in [-0.05, 0) is 32.9 Å². The molecule has 0 aliphatic rings. The molecule has 14 heavy (non-hydrogen) atoms. The zero-order valence-electron chi connectivity index (χ0n) is 8.70. The third-order valence-corrected chi connectivity index (χ3v) is 1.65. The van der Waals surface area contributed by atoms with Gasteiger partial charge < -0.3 is 4.74 Å². The molecule has 1 rings (SSSR count). The van der Waals surface area contributed by atoms with E-state index in [9.17, 15) is 4.79 Å². The third-order valence-electron chi connectivity index (χ3n) is 1.65. The minimum absolute atomic E-state index is 0.325. The van der Waals surface area contributed by atoms with E-state index in [1.54, 1.807) is 12.1 Å². The van der Waals surface area contributed by atoms with E-state index in [1.165, 1.54) is 6.08 Å². The number of allylic oxidation sites excluding steroid dienone is 1. The van der Waals surface area contributed by atoms with Crippen molar-refractivity contribution in [1.29, 1.82) is 0 Å². The summed E-state index contributed by atoms with van der Waals surface area (Å²) in [5, 5.41) is 0. The topological polar surface area (TPSA) is 26.3 Å². The summed E-state index contributed by atoms with van der Waals surface area (Å²) in [7, 11) is 0. The van der Waals surface area contributed by atoms with Crippen molar-refractivity contribution in [3.63, 3.8) is 0 Å². The smallest absolute Gasteiger partial charge is 0.336 e. The van der Waals surface area contributed by atoms with Crippen LogP contribution in [0.5, 0.6) is 5.75 Å². The van der Waals surface area contributed by atoms with Crippen LogP contribution in [-0.4, -0.2) is 5.97 Å². The van der Waals surface area contributed by atoms with Crippen LogP contribution in [0.2, 0.25) is 0 Å². The first-order chi connectivity index (χ1) is 6.58. The summed E-state index contributed by atoms with van der Waals surface area (Å²) in [6, 6.07) is 7.38. The standard InChI is InChI=1S/C12H14O2/c1-9(2)8-12(13)14-11-6-4-10(3)5-7-11/h4-8H,1-3H3. The van der Waals surface area contributed by atoms with Crippen LogP contribution in [0.3, 0.4) is 0 Å². The van der Waals surface area contributed by atoms with E-state index >= 15 is 0 Å². The molecule has 2 nitrogen and oxygen atoms in total. The highest BCUT2D eigenvalue weighted by Crippen LogP contribution is 2.11. The first kappa shape index (κ1) is 10.5. The number of aryl methyl sites for hydroxylation is 1. The highest BCUT2D eigenvalue weighted by molar-refractivity contribution is 5.84. The second-order valence-corrected chi connectivity index (χ2v) is 3.46. The first-order valence-electron chi connectivity index (χ1n) is 4.51. The summed E-state index contributed by atoms with van der Waals surface area (Å²) in [6.07, 6.45) is 1.47. The molecule has 0 radical (unpaired) electrons. The average molecular weight is 190 g/mol. The molecule has 0 fully saturated rings. The van der Waals surface area contributed by atoms with Gasteiger partial charge >= 0.3 is 5.97 Å². The molecule has 0 saturated carbocycles. The van der Waals surface area contributed by atoms with Crippen molar-refractivity contribution in [2.75, 3.05) is 0 Å².